The van der Waals surface area contributed by atoms with E-state index in [1.54, 1.807) is 31.4 Å². The monoisotopic (exact) mass is 332 g/mol. The molecule has 1 unspecified atom stereocenters. The van der Waals surface area contributed by atoms with Crippen LogP contribution >= 0.6 is 11.6 Å². The van der Waals surface area contributed by atoms with Crippen molar-refractivity contribution in [2.24, 2.45) is 0 Å². The molecule has 0 fully saturated rings. The first-order valence-electron chi connectivity index (χ1n) is 7.36. The molecule has 0 aliphatic carbocycles. The minimum atomic E-state index is -0.119. The first-order valence-corrected chi connectivity index (χ1v) is 7.74. The second kappa shape index (κ2) is 7.99. The van der Waals surface area contributed by atoms with Gasteiger partial charge in [-0.25, -0.2) is 0 Å². The standard InChI is InChI=1S/C18H21ClN2O2/c1-21(2)17(15-6-4-5-7-16(15)19)12-20-18(22)13-8-10-14(23-3)11-9-13/h4-11,17H,12H2,1-3H3,(H,20,22). The van der Waals surface area contributed by atoms with Crippen molar-refractivity contribution in [1.82, 2.24) is 10.2 Å². The summed E-state index contributed by atoms with van der Waals surface area (Å²) in [7, 11) is 5.53. The van der Waals surface area contributed by atoms with Crippen LogP contribution in [-0.4, -0.2) is 38.6 Å². The van der Waals surface area contributed by atoms with Crippen LogP contribution < -0.4 is 10.1 Å². The molecular weight excluding hydrogens is 312 g/mol. The molecule has 2 aromatic rings. The first kappa shape index (κ1) is 17.3. The highest BCUT2D eigenvalue weighted by atomic mass is 35.5. The Hall–Kier alpha value is -2.04. The van der Waals surface area contributed by atoms with Gasteiger partial charge < -0.3 is 15.0 Å². The van der Waals surface area contributed by atoms with Gasteiger partial charge in [0.25, 0.3) is 5.91 Å². The molecule has 1 N–H and O–H groups in total. The molecule has 0 aliphatic heterocycles. The number of benzene rings is 2. The van der Waals surface area contributed by atoms with Gasteiger partial charge in [-0.1, -0.05) is 29.8 Å². The topological polar surface area (TPSA) is 41.6 Å². The first-order chi connectivity index (χ1) is 11.0. The molecular formula is C18H21ClN2O2. The molecule has 0 aliphatic rings. The van der Waals surface area contributed by atoms with E-state index in [2.05, 4.69) is 5.32 Å². The third-order valence-corrected chi connectivity index (χ3v) is 4.04. The van der Waals surface area contributed by atoms with Crippen LogP contribution in [0.15, 0.2) is 48.5 Å². The lowest BCUT2D eigenvalue weighted by atomic mass is 10.1. The average Bonchev–Trinajstić information content (AvgIpc) is 2.56. The maximum atomic E-state index is 12.3. The lowest BCUT2D eigenvalue weighted by molar-refractivity contribution is 0.0942. The Labute approximate surface area is 142 Å². The van der Waals surface area contributed by atoms with E-state index in [-0.39, 0.29) is 11.9 Å². The number of likely N-dealkylation sites (N-methyl/N-ethyl adjacent to an activating group) is 1. The maximum Gasteiger partial charge on any atom is 0.251 e. The third kappa shape index (κ3) is 4.47. The van der Waals surface area contributed by atoms with Gasteiger partial charge >= 0.3 is 0 Å². The number of hydrogen-bond donors (Lipinski definition) is 1. The van der Waals surface area contributed by atoms with Crippen LogP contribution in [0.25, 0.3) is 0 Å². The number of rotatable bonds is 6. The Balaban J connectivity index is 2.06. The highest BCUT2D eigenvalue weighted by molar-refractivity contribution is 6.31. The Morgan fingerprint density at radius 2 is 1.83 bits per heavy atom. The number of hydrogen-bond acceptors (Lipinski definition) is 3. The van der Waals surface area contributed by atoms with Crippen molar-refractivity contribution < 1.29 is 9.53 Å². The van der Waals surface area contributed by atoms with Gasteiger partial charge in [0, 0.05) is 17.1 Å². The molecule has 2 rings (SSSR count). The molecule has 0 spiro atoms. The van der Waals surface area contributed by atoms with Crippen molar-refractivity contribution in [2.75, 3.05) is 27.7 Å². The molecule has 1 atom stereocenters. The summed E-state index contributed by atoms with van der Waals surface area (Å²) >= 11 is 6.28. The molecule has 23 heavy (non-hydrogen) atoms. The van der Waals surface area contributed by atoms with Crippen molar-refractivity contribution in [3.05, 3.63) is 64.7 Å². The van der Waals surface area contributed by atoms with E-state index in [1.165, 1.54) is 0 Å². The zero-order valence-corrected chi connectivity index (χ0v) is 14.3. The molecule has 0 saturated carbocycles. The van der Waals surface area contributed by atoms with E-state index in [9.17, 15) is 4.79 Å². The summed E-state index contributed by atoms with van der Waals surface area (Å²) in [4.78, 5) is 14.3. The molecule has 122 valence electrons. The zero-order chi connectivity index (χ0) is 16.8. The van der Waals surface area contributed by atoms with Gasteiger partial charge in [0.15, 0.2) is 0 Å². The summed E-state index contributed by atoms with van der Waals surface area (Å²) in [6.07, 6.45) is 0. The van der Waals surface area contributed by atoms with Crippen LogP contribution in [0.1, 0.15) is 22.0 Å². The normalized spacial score (nSPS) is 12.0. The van der Waals surface area contributed by atoms with Crippen molar-refractivity contribution in [2.45, 2.75) is 6.04 Å². The van der Waals surface area contributed by atoms with Crippen molar-refractivity contribution in [1.29, 1.82) is 0 Å². The van der Waals surface area contributed by atoms with Gasteiger partial charge in [-0.05, 0) is 50.0 Å². The Bertz CT molecular complexity index is 656. The summed E-state index contributed by atoms with van der Waals surface area (Å²) in [5.41, 5.74) is 1.59. The molecule has 0 radical (unpaired) electrons. The molecule has 0 saturated heterocycles. The van der Waals surface area contributed by atoms with E-state index < -0.39 is 0 Å². The van der Waals surface area contributed by atoms with Gasteiger partial charge in [0.05, 0.1) is 13.2 Å². The van der Waals surface area contributed by atoms with Crippen molar-refractivity contribution in [3.8, 4) is 5.75 Å². The second-order valence-electron chi connectivity index (χ2n) is 5.44. The van der Waals surface area contributed by atoms with Crippen LogP contribution in [0.5, 0.6) is 5.75 Å². The Kier molecular flexibility index (Phi) is 6.02. The number of methoxy groups -OCH3 is 1. The minimum Gasteiger partial charge on any atom is -0.497 e. The van der Waals surface area contributed by atoms with Gasteiger partial charge in [0.1, 0.15) is 5.75 Å². The summed E-state index contributed by atoms with van der Waals surface area (Å²) < 4.78 is 5.10. The molecule has 0 bridgehead atoms. The predicted octanol–water partition coefficient (Wildman–Crippen LogP) is 3.38. The zero-order valence-electron chi connectivity index (χ0n) is 13.5. The molecule has 0 aromatic heterocycles. The van der Waals surface area contributed by atoms with E-state index >= 15 is 0 Å². The minimum absolute atomic E-state index is 0.00546. The number of nitrogens with one attached hydrogen (secondary N) is 1. The molecule has 5 heteroatoms. The van der Waals surface area contributed by atoms with Crippen LogP contribution in [0, 0.1) is 0 Å². The number of halogens is 1. The van der Waals surface area contributed by atoms with Crippen LogP contribution in [0.4, 0.5) is 0 Å². The lowest BCUT2D eigenvalue weighted by Gasteiger charge is -2.26. The quantitative estimate of drug-likeness (QED) is 0.881. The Morgan fingerprint density at radius 3 is 2.39 bits per heavy atom. The number of nitrogens with zero attached hydrogens (tertiary/aromatic N) is 1. The summed E-state index contributed by atoms with van der Waals surface area (Å²) in [6.45, 7) is 0.474. The number of carbonyl (C=O) groups is 1. The van der Waals surface area contributed by atoms with E-state index in [0.29, 0.717) is 17.1 Å². The van der Waals surface area contributed by atoms with Crippen LogP contribution in [-0.2, 0) is 0 Å². The number of amides is 1. The van der Waals surface area contributed by atoms with Gasteiger partial charge in [0.2, 0.25) is 0 Å². The van der Waals surface area contributed by atoms with Gasteiger partial charge in [-0.3, -0.25) is 4.79 Å². The fraction of sp³-hybridized carbons (Fsp3) is 0.278. The fourth-order valence-electron chi connectivity index (χ4n) is 2.35. The molecule has 0 heterocycles. The molecule has 2 aromatic carbocycles. The SMILES string of the molecule is COc1ccc(C(=O)NCC(c2ccccc2Cl)N(C)C)cc1. The van der Waals surface area contributed by atoms with Crippen molar-refractivity contribution in [3.63, 3.8) is 0 Å². The van der Waals surface area contributed by atoms with Crippen molar-refractivity contribution >= 4 is 17.5 Å². The second-order valence-corrected chi connectivity index (χ2v) is 5.85. The van der Waals surface area contributed by atoms with Gasteiger partial charge in [-0.15, -0.1) is 0 Å². The van der Waals surface area contributed by atoms with E-state index in [0.717, 1.165) is 11.3 Å². The lowest BCUT2D eigenvalue weighted by Crippen LogP contribution is -2.34. The Morgan fingerprint density at radius 1 is 1.17 bits per heavy atom. The smallest absolute Gasteiger partial charge is 0.251 e. The predicted molar refractivity (Wildman–Crippen MR) is 93.2 cm³/mol. The molecule has 1 amide bonds. The highest BCUT2D eigenvalue weighted by Gasteiger charge is 2.18. The number of ether oxygens (including phenoxy) is 1. The maximum absolute atomic E-state index is 12.3. The fourth-order valence-corrected chi connectivity index (χ4v) is 2.61. The highest BCUT2D eigenvalue weighted by Crippen LogP contribution is 2.25. The molecule has 4 nitrogen and oxygen atoms in total. The summed E-state index contributed by atoms with van der Waals surface area (Å²) in [5, 5.41) is 3.66. The largest absolute Gasteiger partial charge is 0.497 e. The summed E-state index contributed by atoms with van der Waals surface area (Å²) in [6, 6.07) is 14.7. The average molecular weight is 333 g/mol. The van der Waals surface area contributed by atoms with Crippen LogP contribution in [0.2, 0.25) is 5.02 Å². The van der Waals surface area contributed by atoms with Gasteiger partial charge in [-0.2, -0.15) is 0 Å². The number of carbonyl (C=O) groups excluding carboxylic acids is 1. The summed E-state index contributed by atoms with van der Waals surface area (Å²) in [5.74, 6) is 0.607. The van der Waals surface area contributed by atoms with E-state index in [1.807, 2.05) is 43.3 Å². The van der Waals surface area contributed by atoms with E-state index in [4.69, 9.17) is 16.3 Å². The van der Waals surface area contributed by atoms with Crippen LogP contribution in [0.3, 0.4) is 0 Å². The third-order valence-electron chi connectivity index (χ3n) is 3.70.